The van der Waals surface area contributed by atoms with Crippen molar-refractivity contribution < 1.29 is 4.52 Å². The molecule has 6 heteroatoms. The highest BCUT2D eigenvalue weighted by molar-refractivity contribution is 7.98. The first-order chi connectivity index (χ1) is 9.29. The molecule has 1 saturated heterocycles. The van der Waals surface area contributed by atoms with Crippen LogP contribution in [0.4, 0.5) is 0 Å². The summed E-state index contributed by atoms with van der Waals surface area (Å²) >= 11 is 7.52. The van der Waals surface area contributed by atoms with Gasteiger partial charge in [-0.1, -0.05) is 16.8 Å². The van der Waals surface area contributed by atoms with E-state index in [4.69, 9.17) is 16.1 Å². The number of nitrogens with zero attached hydrogens (tertiary/aromatic N) is 2. The molecule has 1 aliphatic rings. The number of hydrogen-bond acceptors (Lipinski definition) is 5. The van der Waals surface area contributed by atoms with E-state index in [1.165, 1.54) is 0 Å². The number of thioether (sulfide) groups is 1. The summed E-state index contributed by atoms with van der Waals surface area (Å²) in [5.41, 5.74) is 0. The molecule has 0 radical (unpaired) electrons. The van der Waals surface area contributed by atoms with Gasteiger partial charge in [0.15, 0.2) is 5.82 Å². The molecule has 1 aromatic heterocycles. The first kappa shape index (κ1) is 13.0. The molecule has 0 aliphatic carbocycles. The maximum Gasteiger partial charge on any atom is 0.227 e. The van der Waals surface area contributed by atoms with Crippen LogP contribution in [-0.2, 0) is 12.2 Å². The molecular formula is C13H14ClN3OS. The van der Waals surface area contributed by atoms with E-state index in [1.807, 2.05) is 24.3 Å². The predicted molar refractivity (Wildman–Crippen MR) is 75.4 cm³/mol. The van der Waals surface area contributed by atoms with Gasteiger partial charge in [-0.05, 0) is 43.3 Å². The van der Waals surface area contributed by atoms with E-state index in [-0.39, 0.29) is 0 Å². The minimum absolute atomic E-state index is 0.650. The van der Waals surface area contributed by atoms with Crippen LogP contribution in [0.1, 0.15) is 11.7 Å². The third-order valence-corrected chi connectivity index (χ3v) is 4.28. The Balaban J connectivity index is 1.53. The lowest BCUT2D eigenvalue weighted by atomic mass is 10.00. The van der Waals surface area contributed by atoms with E-state index in [0.29, 0.717) is 11.7 Å². The van der Waals surface area contributed by atoms with Crippen LogP contribution in [0, 0.1) is 5.92 Å². The summed E-state index contributed by atoms with van der Waals surface area (Å²) in [6.07, 6.45) is 0.881. The molecule has 2 aromatic rings. The quantitative estimate of drug-likeness (QED) is 0.860. The van der Waals surface area contributed by atoms with E-state index in [2.05, 4.69) is 15.5 Å². The SMILES string of the molecule is Clc1ccc(SCc2noc(CC3CNC3)n2)cc1. The third kappa shape index (κ3) is 3.49. The minimum Gasteiger partial charge on any atom is -0.339 e. The molecule has 3 rings (SSSR count). The minimum atomic E-state index is 0.650. The van der Waals surface area contributed by atoms with E-state index in [1.54, 1.807) is 11.8 Å². The summed E-state index contributed by atoms with van der Waals surface area (Å²) < 4.78 is 5.26. The number of halogens is 1. The second-order valence-electron chi connectivity index (χ2n) is 4.58. The lowest BCUT2D eigenvalue weighted by Gasteiger charge is -2.25. The highest BCUT2D eigenvalue weighted by Gasteiger charge is 2.20. The second-order valence-corrected chi connectivity index (χ2v) is 6.06. The van der Waals surface area contributed by atoms with E-state index < -0.39 is 0 Å². The zero-order valence-electron chi connectivity index (χ0n) is 10.3. The van der Waals surface area contributed by atoms with Crippen LogP contribution < -0.4 is 5.32 Å². The fourth-order valence-corrected chi connectivity index (χ4v) is 2.72. The zero-order valence-corrected chi connectivity index (χ0v) is 11.9. The van der Waals surface area contributed by atoms with Gasteiger partial charge in [0.05, 0.1) is 5.75 Å². The molecule has 1 aliphatic heterocycles. The molecule has 0 saturated carbocycles. The molecule has 0 atom stereocenters. The molecule has 0 amide bonds. The van der Waals surface area contributed by atoms with E-state index >= 15 is 0 Å². The van der Waals surface area contributed by atoms with Gasteiger partial charge in [-0.25, -0.2) is 0 Å². The number of rotatable bonds is 5. The average molecular weight is 296 g/mol. The van der Waals surface area contributed by atoms with Crippen LogP contribution in [0.2, 0.25) is 5.02 Å². The number of aromatic nitrogens is 2. The summed E-state index contributed by atoms with van der Waals surface area (Å²) in [4.78, 5) is 5.56. The van der Waals surface area contributed by atoms with Gasteiger partial charge in [-0.2, -0.15) is 4.98 Å². The molecule has 0 unspecified atom stereocenters. The molecule has 2 heterocycles. The Bertz CT molecular complexity index is 539. The van der Waals surface area contributed by atoms with Gasteiger partial charge >= 0.3 is 0 Å². The topological polar surface area (TPSA) is 51.0 Å². The molecule has 4 nitrogen and oxygen atoms in total. The summed E-state index contributed by atoms with van der Waals surface area (Å²) in [5.74, 6) is 2.87. The van der Waals surface area contributed by atoms with E-state index in [9.17, 15) is 0 Å². The summed E-state index contributed by atoms with van der Waals surface area (Å²) in [5, 5.41) is 7.99. The lowest BCUT2D eigenvalue weighted by Crippen LogP contribution is -2.43. The van der Waals surface area contributed by atoms with Crippen molar-refractivity contribution in [3.05, 3.63) is 41.0 Å². The zero-order chi connectivity index (χ0) is 13.1. The van der Waals surface area contributed by atoms with Crippen molar-refractivity contribution in [3.63, 3.8) is 0 Å². The van der Waals surface area contributed by atoms with Crippen LogP contribution >= 0.6 is 23.4 Å². The first-order valence-electron chi connectivity index (χ1n) is 6.20. The monoisotopic (exact) mass is 295 g/mol. The molecule has 0 spiro atoms. The highest BCUT2D eigenvalue weighted by atomic mass is 35.5. The largest absolute Gasteiger partial charge is 0.339 e. The van der Waals surface area contributed by atoms with Crippen molar-refractivity contribution in [2.75, 3.05) is 13.1 Å². The van der Waals surface area contributed by atoms with Gasteiger partial charge in [0.2, 0.25) is 5.89 Å². The molecule has 1 fully saturated rings. The van der Waals surface area contributed by atoms with Crippen molar-refractivity contribution in [3.8, 4) is 0 Å². The van der Waals surface area contributed by atoms with Crippen molar-refractivity contribution in [1.29, 1.82) is 0 Å². The van der Waals surface area contributed by atoms with Crippen molar-refractivity contribution in [2.45, 2.75) is 17.1 Å². The maximum absolute atomic E-state index is 5.85. The van der Waals surface area contributed by atoms with Crippen LogP contribution in [0.5, 0.6) is 0 Å². The van der Waals surface area contributed by atoms with Crippen LogP contribution in [0.3, 0.4) is 0 Å². The normalized spacial score (nSPS) is 15.4. The standard InChI is InChI=1S/C13H14ClN3OS/c14-10-1-3-11(4-2-10)19-8-12-16-13(18-17-12)5-9-6-15-7-9/h1-4,9,15H,5-8H2. The Labute approximate surface area is 120 Å². The Morgan fingerprint density at radius 1 is 1.32 bits per heavy atom. The number of benzene rings is 1. The van der Waals surface area contributed by atoms with Crippen LogP contribution in [0.15, 0.2) is 33.7 Å². The number of hydrogen-bond donors (Lipinski definition) is 1. The summed E-state index contributed by atoms with van der Waals surface area (Å²) in [6.45, 7) is 2.11. The van der Waals surface area contributed by atoms with Crippen molar-refractivity contribution in [1.82, 2.24) is 15.5 Å². The highest BCUT2D eigenvalue weighted by Crippen LogP contribution is 2.23. The number of nitrogens with one attached hydrogen (secondary N) is 1. The lowest BCUT2D eigenvalue weighted by molar-refractivity contribution is 0.295. The summed E-state index contributed by atoms with van der Waals surface area (Å²) in [7, 11) is 0. The third-order valence-electron chi connectivity index (χ3n) is 3.02. The molecule has 1 aromatic carbocycles. The Hall–Kier alpha value is -1.04. The smallest absolute Gasteiger partial charge is 0.227 e. The van der Waals surface area contributed by atoms with E-state index in [0.717, 1.165) is 41.1 Å². The molecule has 0 bridgehead atoms. The molecular weight excluding hydrogens is 282 g/mol. The summed E-state index contributed by atoms with van der Waals surface area (Å²) in [6, 6.07) is 7.76. The van der Waals surface area contributed by atoms with Gasteiger partial charge in [0, 0.05) is 16.3 Å². The Morgan fingerprint density at radius 2 is 2.11 bits per heavy atom. The fourth-order valence-electron chi connectivity index (χ4n) is 1.85. The van der Waals surface area contributed by atoms with Gasteiger partial charge in [0.1, 0.15) is 0 Å². The maximum atomic E-state index is 5.85. The van der Waals surface area contributed by atoms with Crippen molar-refractivity contribution in [2.24, 2.45) is 5.92 Å². The molecule has 1 N–H and O–H groups in total. The Morgan fingerprint density at radius 3 is 2.79 bits per heavy atom. The second kappa shape index (κ2) is 5.94. The predicted octanol–water partition coefficient (Wildman–Crippen LogP) is 2.78. The van der Waals surface area contributed by atoms with Crippen molar-refractivity contribution >= 4 is 23.4 Å². The molecule has 100 valence electrons. The van der Waals surface area contributed by atoms with Gasteiger partial charge in [-0.3, -0.25) is 0 Å². The van der Waals surface area contributed by atoms with Crippen LogP contribution in [-0.4, -0.2) is 23.2 Å². The van der Waals surface area contributed by atoms with Gasteiger partial charge in [0.25, 0.3) is 0 Å². The van der Waals surface area contributed by atoms with Gasteiger partial charge in [-0.15, -0.1) is 11.8 Å². The van der Waals surface area contributed by atoms with Crippen LogP contribution in [0.25, 0.3) is 0 Å². The average Bonchev–Trinajstić information content (AvgIpc) is 2.81. The van der Waals surface area contributed by atoms with Gasteiger partial charge < -0.3 is 9.84 Å². The first-order valence-corrected chi connectivity index (χ1v) is 7.56. The fraction of sp³-hybridized carbons (Fsp3) is 0.385. The Kier molecular flexibility index (Phi) is 4.06. The molecule has 19 heavy (non-hydrogen) atoms.